The fourth-order valence-electron chi connectivity index (χ4n) is 1.99. The van der Waals surface area contributed by atoms with Gasteiger partial charge in [0.15, 0.2) is 0 Å². The van der Waals surface area contributed by atoms with Crippen molar-refractivity contribution in [3.8, 4) is 17.0 Å². The van der Waals surface area contributed by atoms with Crippen LogP contribution in [0.25, 0.3) is 11.3 Å². The first-order chi connectivity index (χ1) is 9.31. The number of aromatic nitrogens is 2. The highest BCUT2D eigenvalue weighted by atomic mass is 16.5. The van der Waals surface area contributed by atoms with Gasteiger partial charge in [-0.05, 0) is 23.1 Å². The number of nitrogens with one attached hydrogen (secondary N) is 1. The Hall–Kier alpha value is -2.30. The predicted octanol–water partition coefficient (Wildman–Crippen LogP) is 2.33. The van der Waals surface area contributed by atoms with E-state index in [1.807, 2.05) is 18.2 Å². The maximum atomic E-state index is 11.5. The number of benzene rings is 1. The van der Waals surface area contributed by atoms with Gasteiger partial charge in [0.1, 0.15) is 5.75 Å². The van der Waals surface area contributed by atoms with Crippen LogP contribution in [0, 0.1) is 0 Å². The van der Waals surface area contributed by atoms with Gasteiger partial charge in [-0.1, -0.05) is 26.8 Å². The molecule has 0 saturated carbocycles. The average Bonchev–Trinajstić information content (AvgIpc) is 2.35. The van der Waals surface area contributed by atoms with E-state index < -0.39 is 0 Å². The molecule has 0 aliphatic rings. The molecule has 0 spiro atoms. The van der Waals surface area contributed by atoms with Crippen molar-refractivity contribution in [2.24, 2.45) is 0 Å². The molecule has 0 amide bonds. The Balaban J connectivity index is 2.67. The van der Waals surface area contributed by atoms with Crippen LogP contribution in [0.1, 0.15) is 26.3 Å². The van der Waals surface area contributed by atoms with Crippen LogP contribution < -0.4 is 16.0 Å². The number of aromatic amines is 1. The van der Waals surface area contributed by atoms with Crippen molar-refractivity contribution in [1.29, 1.82) is 0 Å². The van der Waals surface area contributed by atoms with Crippen LogP contribution in [0.15, 0.2) is 29.1 Å². The lowest BCUT2D eigenvalue weighted by Gasteiger charge is -2.21. The van der Waals surface area contributed by atoms with Crippen LogP contribution in [-0.2, 0) is 5.41 Å². The van der Waals surface area contributed by atoms with Crippen molar-refractivity contribution in [2.75, 3.05) is 12.8 Å². The third-order valence-electron chi connectivity index (χ3n) is 3.10. The number of nitrogen functional groups attached to an aromatic ring is 1. The van der Waals surface area contributed by atoms with Crippen LogP contribution in [-0.4, -0.2) is 17.1 Å². The average molecular weight is 273 g/mol. The van der Waals surface area contributed by atoms with Crippen molar-refractivity contribution in [3.05, 3.63) is 40.2 Å². The maximum absolute atomic E-state index is 11.5. The van der Waals surface area contributed by atoms with Gasteiger partial charge in [-0.25, -0.2) is 4.98 Å². The molecule has 0 unspecified atom stereocenters. The fourth-order valence-corrected chi connectivity index (χ4v) is 1.99. The Bertz CT molecular complexity index is 684. The number of nitrogens with zero attached hydrogens (tertiary/aromatic N) is 1. The monoisotopic (exact) mass is 273 g/mol. The van der Waals surface area contributed by atoms with E-state index in [9.17, 15) is 4.79 Å². The van der Waals surface area contributed by atoms with Crippen LogP contribution in [0.3, 0.4) is 0 Å². The topological polar surface area (TPSA) is 81.0 Å². The third kappa shape index (κ3) is 2.82. The van der Waals surface area contributed by atoms with Gasteiger partial charge in [0, 0.05) is 11.6 Å². The van der Waals surface area contributed by atoms with E-state index in [4.69, 9.17) is 10.5 Å². The van der Waals surface area contributed by atoms with E-state index in [0.29, 0.717) is 11.4 Å². The highest BCUT2D eigenvalue weighted by Crippen LogP contribution is 2.33. The Morgan fingerprint density at radius 3 is 2.50 bits per heavy atom. The molecule has 2 rings (SSSR count). The summed E-state index contributed by atoms with van der Waals surface area (Å²) in [4.78, 5) is 18.2. The van der Waals surface area contributed by atoms with E-state index in [0.717, 1.165) is 11.1 Å². The molecule has 0 aliphatic carbocycles. The molecule has 1 heterocycles. The molecule has 5 heteroatoms. The normalized spacial score (nSPS) is 11.4. The number of hydrogen-bond acceptors (Lipinski definition) is 4. The third-order valence-corrected chi connectivity index (χ3v) is 3.10. The van der Waals surface area contributed by atoms with Crippen molar-refractivity contribution >= 4 is 5.95 Å². The first-order valence-corrected chi connectivity index (χ1v) is 6.37. The summed E-state index contributed by atoms with van der Waals surface area (Å²) in [6.45, 7) is 6.37. The van der Waals surface area contributed by atoms with Crippen LogP contribution in [0.2, 0.25) is 0 Å². The largest absolute Gasteiger partial charge is 0.496 e. The Morgan fingerprint density at radius 1 is 1.25 bits per heavy atom. The number of nitrogens with two attached hydrogens (primary N) is 1. The van der Waals surface area contributed by atoms with Gasteiger partial charge in [0.25, 0.3) is 5.56 Å². The standard InChI is InChI=1S/C15H19N3O2/c1-15(2,3)9-5-6-12(20-4)10(7-9)11-8-13(19)18-14(16)17-11/h5-8H,1-4H3,(H3,16,17,18,19). The lowest BCUT2D eigenvalue weighted by molar-refractivity contribution is 0.415. The molecule has 0 atom stereocenters. The number of hydrogen-bond donors (Lipinski definition) is 2. The minimum absolute atomic E-state index is 0.00618. The van der Waals surface area contributed by atoms with Crippen molar-refractivity contribution < 1.29 is 4.74 Å². The molecule has 3 N–H and O–H groups in total. The fraction of sp³-hybridized carbons (Fsp3) is 0.333. The summed E-state index contributed by atoms with van der Waals surface area (Å²) >= 11 is 0. The molecular formula is C15H19N3O2. The zero-order chi connectivity index (χ0) is 14.9. The number of ether oxygens (including phenoxy) is 1. The first-order valence-electron chi connectivity index (χ1n) is 6.37. The molecule has 1 aromatic heterocycles. The smallest absolute Gasteiger partial charge is 0.252 e. The van der Waals surface area contributed by atoms with E-state index in [1.165, 1.54) is 6.07 Å². The van der Waals surface area contributed by atoms with Crippen LogP contribution >= 0.6 is 0 Å². The molecular weight excluding hydrogens is 254 g/mol. The minimum atomic E-state index is -0.282. The van der Waals surface area contributed by atoms with Crippen LogP contribution in [0.5, 0.6) is 5.75 Å². The number of anilines is 1. The van der Waals surface area contributed by atoms with E-state index in [1.54, 1.807) is 7.11 Å². The summed E-state index contributed by atoms with van der Waals surface area (Å²) in [5, 5.41) is 0. The Morgan fingerprint density at radius 2 is 1.95 bits per heavy atom. The minimum Gasteiger partial charge on any atom is -0.496 e. The zero-order valence-electron chi connectivity index (χ0n) is 12.2. The second-order valence-corrected chi connectivity index (χ2v) is 5.68. The van der Waals surface area contributed by atoms with Gasteiger partial charge < -0.3 is 10.5 Å². The molecule has 20 heavy (non-hydrogen) atoms. The van der Waals surface area contributed by atoms with Crippen molar-refractivity contribution in [3.63, 3.8) is 0 Å². The lowest BCUT2D eigenvalue weighted by atomic mass is 9.85. The van der Waals surface area contributed by atoms with Crippen molar-refractivity contribution in [2.45, 2.75) is 26.2 Å². The molecule has 0 saturated heterocycles. The molecule has 106 valence electrons. The maximum Gasteiger partial charge on any atom is 0.252 e. The quantitative estimate of drug-likeness (QED) is 0.880. The van der Waals surface area contributed by atoms with Gasteiger partial charge in [0.2, 0.25) is 5.95 Å². The Kier molecular flexibility index (Phi) is 3.53. The first kappa shape index (κ1) is 14.1. The summed E-state index contributed by atoms with van der Waals surface area (Å²) in [6, 6.07) is 7.30. The molecule has 1 aromatic carbocycles. The van der Waals surface area contributed by atoms with Gasteiger partial charge in [-0.3, -0.25) is 9.78 Å². The zero-order valence-corrected chi connectivity index (χ0v) is 12.2. The molecule has 0 radical (unpaired) electrons. The van der Waals surface area contributed by atoms with Crippen LogP contribution in [0.4, 0.5) is 5.95 Å². The highest BCUT2D eigenvalue weighted by molar-refractivity contribution is 5.69. The van der Waals surface area contributed by atoms with E-state index >= 15 is 0 Å². The second kappa shape index (κ2) is 5.00. The van der Waals surface area contributed by atoms with Gasteiger partial charge in [0.05, 0.1) is 12.8 Å². The lowest BCUT2D eigenvalue weighted by Crippen LogP contribution is -2.13. The van der Waals surface area contributed by atoms with Crippen molar-refractivity contribution in [1.82, 2.24) is 9.97 Å². The number of methoxy groups -OCH3 is 1. The summed E-state index contributed by atoms with van der Waals surface area (Å²) in [7, 11) is 1.59. The molecule has 0 aliphatic heterocycles. The summed E-state index contributed by atoms with van der Waals surface area (Å²) in [6.07, 6.45) is 0. The molecule has 0 fully saturated rings. The molecule has 2 aromatic rings. The summed E-state index contributed by atoms with van der Waals surface area (Å²) in [5.74, 6) is 0.756. The molecule has 0 bridgehead atoms. The van der Waals surface area contributed by atoms with Gasteiger partial charge in [-0.2, -0.15) is 0 Å². The predicted molar refractivity (Wildman–Crippen MR) is 80.0 cm³/mol. The summed E-state index contributed by atoms with van der Waals surface area (Å²) in [5.41, 5.74) is 7.72. The number of H-pyrrole nitrogens is 1. The van der Waals surface area contributed by atoms with E-state index in [-0.39, 0.29) is 16.9 Å². The second-order valence-electron chi connectivity index (χ2n) is 5.68. The number of rotatable bonds is 2. The Labute approximate surface area is 117 Å². The summed E-state index contributed by atoms with van der Waals surface area (Å²) < 4.78 is 5.35. The van der Waals surface area contributed by atoms with E-state index in [2.05, 4.69) is 30.7 Å². The SMILES string of the molecule is COc1ccc(C(C)(C)C)cc1-c1cc(=O)[nH]c(N)n1. The highest BCUT2D eigenvalue weighted by Gasteiger charge is 2.17. The van der Waals surface area contributed by atoms with Gasteiger partial charge >= 0.3 is 0 Å². The molecule has 5 nitrogen and oxygen atoms in total. The van der Waals surface area contributed by atoms with Gasteiger partial charge in [-0.15, -0.1) is 0 Å².